The summed E-state index contributed by atoms with van der Waals surface area (Å²) in [7, 11) is -3.76. The number of halogens is 1. The average Bonchev–Trinajstić information content (AvgIpc) is 2.84. The lowest BCUT2D eigenvalue weighted by Gasteiger charge is -2.09. The van der Waals surface area contributed by atoms with E-state index < -0.39 is 10.0 Å². The number of aromatic nitrogens is 1. The van der Waals surface area contributed by atoms with Gasteiger partial charge in [-0.05, 0) is 49.7 Å². The standard InChI is InChI=1S/C16H15ClN2O3S2/c1-3-19-14-7-6-12(9-15(14)23-16(19)20)24(21,22)18-11-5-4-10(2)13(17)8-11/h4-9,18H,3H2,1-2H3. The van der Waals surface area contributed by atoms with Crippen molar-refractivity contribution in [1.29, 1.82) is 0 Å². The van der Waals surface area contributed by atoms with E-state index in [0.717, 1.165) is 22.4 Å². The van der Waals surface area contributed by atoms with Gasteiger partial charge in [-0.1, -0.05) is 29.0 Å². The Morgan fingerprint density at radius 2 is 1.96 bits per heavy atom. The van der Waals surface area contributed by atoms with Crippen LogP contribution in [0.25, 0.3) is 10.2 Å². The van der Waals surface area contributed by atoms with E-state index in [4.69, 9.17) is 11.6 Å². The Kier molecular flexibility index (Phi) is 4.42. The minimum absolute atomic E-state index is 0.0969. The predicted octanol–water partition coefficient (Wildman–Crippen LogP) is 3.85. The highest BCUT2D eigenvalue weighted by atomic mass is 35.5. The van der Waals surface area contributed by atoms with Crippen molar-refractivity contribution in [2.75, 3.05) is 4.72 Å². The van der Waals surface area contributed by atoms with Crippen LogP contribution in [-0.4, -0.2) is 13.0 Å². The maximum absolute atomic E-state index is 12.6. The SMILES string of the molecule is CCn1c(=O)sc2cc(S(=O)(=O)Nc3ccc(C)c(Cl)c3)ccc21. The summed E-state index contributed by atoms with van der Waals surface area (Å²) in [5.41, 5.74) is 2.00. The van der Waals surface area contributed by atoms with Crippen LogP contribution in [0.4, 0.5) is 5.69 Å². The number of fused-ring (bicyclic) bond motifs is 1. The molecule has 3 rings (SSSR count). The summed E-state index contributed by atoms with van der Waals surface area (Å²) in [5.74, 6) is 0. The van der Waals surface area contributed by atoms with Gasteiger partial charge in [0.1, 0.15) is 0 Å². The molecule has 0 atom stereocenters. The van der Waals surface area contributed by atoms with Crippen molar-refractivity contribution in [3.8, 4) is 0 Å². The summed E-state index contributed by atoms with van der Waals surface area (Å²) in [6.07, 6.45) is 0. The van der Waals surface area contributed by atoms with Crippen molar-refractivity contribution in [1.82, 2.24) is 4.57 Å². The molecule has 0 spiro atoms. The molecule has 0 aliphatic carbocycles. The quantitative estimate of drug-likeness (QED) is 0.745. The van der Waals surface area contributed by atoms with Crippen molar-refractivity contribution in [2.24, 2.45) is 0 Å². The molecule has 1 aromatic heterocycles. The Morgan fingerprint density at radius 3 is 2.62 bits per heavy atom. The first-order chi connectivity index (χ1) is 11.3. The number of rotatable bonds is 4. The van der Waals surface area contributed by atoms with Crippen molar-refractivity contribution in [3.63, 3.8) is 0 Å². The van der Waals surface area contributed by atoms with Crippen molar-refractivity contribution in [2.45, 2.75) is 25.3 Å². The summed E-state index contributed by atoms with van der Waals surface area (Å²) < 4.78 is 29.9. The fraction of sp³-hybridized carbons (Fsp3) is 0.188. The molecule has 0 radical (unpaired) electrons. The Morgan fingerprint density at radius 1 is 1.21 bits per heavy atom. The van der Waals surface area contributed by atoms with Crippen LogP contribution >= 0.6 is 22.9 Å². The predicted molar refractivity (Wildman–Crippen MR) is 98.8 cm³/mol. The van der Waals surface area contributed by atoms with E-state index in [-0.39, 0.29) is 9.77 Å². The largest absolute Gasteiger partial charge is 0.308 e. The Bertz CT molecular complexity index is 1080. The van der Waals surface area contributed by atoms with Gasteiger partial charge in [0.15, 0.2) is 0 Å². The van der Waals surface area contributed by atoms with Crippen LogP contribution < -0.4 is 9.60 Å². The molecule has 0 fully saturated rings. The Labute approximate surface area is 148 Å². The zero-order valence-corrected chi connectivity index (χ0v) is 15.4. The van der Waals surface area contributed by atoms with E-state index in [2.05, 4.69) is 4.72 Å². The lowest BCUT2D eigenvalue weighted by atomic mass is 10.2. The van der Waals surface area contributed by atoms with Gasteiger partial charge in [-0.3, -0.25) is 14.1 Å². The molecular weight excluding hydrogens is 368 g/mol. The zero-order valence-electron chi connectivity index (χ0n) is 13.0. The third kappa shape index (κ3) is 3.07. The average molecular weight is 383 g/mol. The summed E-state index contributed by atoms with van der Waals surface area (Å²) in [6, 6.07) is 9.65. The number of anilines is 1. The van der Waals surface area contributed by atoms with Gasteiger partial charge in [0.25, 0.3) is 10.0 Å². The highest BCUT2D eigenvalue weighted by molar-refractivity contribution is 7.92. The first kappa shape index (κ1) is 17.0. The van der Waals surface area contributed by atoms with Crippen molar-refractivity contribution in [3.05, 3.63) is 56.7 Å². The van der Waals surface area contributed by atoms with Gasteiger partial charge in [-0.2, -0.15) is 0 Å². The van der Waals surface area contributed by atoms with E-state index in [1.165, 1.54) is 12.1 Å². The fourth-order valence-electron chi connectivity index (χ4n) is 2.38. The molecule has 1 heterocycles. The summed E-state index contributed by atoms with van der Waals surface area (Å²) in [6.45, 7) is 4.26. The smallest absolute Gasteiger partial charge is 0.299 e. The second-order valence-corrected chi connectivity index (χ2v) is 8.39. The monoisotopic (exact) mass is 382 g/mol. The Balaban J connectivity index is 2.01. The van der Waals surface area contributed by atoms with E-state index in [0.29, 0.717) is 22.0 Å². The van der Waals surface area contributed by atoms with Gasteiger partial charge in [0.2, 0.25) is 0 Å². The van der Waals surface area contributed by atoms with E-state index in [1.807, 2.05) is 13.8 Å². The van der Waals surface area contributed by atoms with Gasteiger partial charge in [-0.15, -0.1) is 0 Å². The summed E-state index contributed by atoms with van der Waals surface area (Å²) in [4.78, 5) is 11.9. The molecule has 0 aliphatic rings. The fourth-order valence-corrected chi connectivity index (χ4v) is 4.71. The highest BCUT2D eigenvalue weighted by Crippen LogP contribution is 2.25. The molecular formula is C16H15ClN2O3S2. The van der Waals surface area contributed by atoms with Gasteiger partial charge in [0, 0.05) is 11.6 Å². The van der Waals surface area contributed by atoms with Gasteiger partial charge >= 0.3 is 4.87 Å². The van der Waals surface area contributed by atoms with Crippen LogP contribution in [0.5, 0.6) is 0 Å². The van der Waals surface area contributed by atoms with Gasteiger partial charge < -0.3 is 0 Å². The number of benzene rings is 2. The lowest BCUT2D eigenvalue weighted by molar-refractivity contribution is 0.601. The number of hydrogen-bond donors (Lipinski definition) is 1. The normalized spacial score (nSPS) is 11.8. The third-order valence-electron chi connectivity index (χ3n) is 3.69. The second kappa shape index (κ2) is 6.23. The Hall–Kier alpha value is -1.83. The van der Waals surface area contributed by atoms with E-state index in [1.54, 1.807) is 28.8 Å². The first-order valence-corrected chi connectivity index (χ1v) is 9.92. The van der Waals surface area contributed by atoms with Crippen LogP contribution in [0.15, 0.2) is 46.1 Å². The molecule has 0 saturated heterocycles. The lowest BCUT2D eigenvalue weighted by Crippen LogP contribution is -2.13. The zero-order chi connectivity index (χ0) is 17.5. The topological polar surface area (TPSA) is 68.2 Å². The van der Waals surface area contributed by atoms with Crippen LogP contribution in [-0.2, 0) is 16.6 Å². The van der Waals surface area contributed by atoms with E-state index in [9.17, 15) is 13.2 Å². The van der Waals surface area contributed by atoms with Crippen LogP contribution in [0.1, 0.15) is 12.5 Å². The number of nitrogens with zero attached hydrogens (tertiary/aromatic N) is 1. The molecule has 3 aromatic rings. The van der Waals surface area contributed by atoms with Gasteiger partial charge in [0.05, 0.1) is 20.8 Å². The number of nitrogens with one attached hydrogen (secondary N) is 1. The highest BCUT2D eigenvalue weighted by Gasteiger charge is 2.17. The molecule has 126 valence electrons. The molecule has 0 amide bonds. The number of sulfonamides is 1. The maximum Gasteiger partial charge on any atom is 0.308 e. The van der Waals surface area contributed by atoms with Crippen molar-refractivity contribution >= 4 is 48.9 Å². The molecule has 0 unspecified atom stereocenters. The van der Waals surface area contributed by atoms with Crippen LogP contribution in [0.2, 0.25) is 5.02 Å². The molecule has 24 heavy (non-hydrogen) atoms. The third-order valence-corrected chi connectivity index (χ3v) is 6.42. The minimum atomic E-state index is -3.76. The molecule has 0 bridgehead atoms. The molecule has 2 aromatic carbocycles. The second-order valence-electron chi connectivity index (χ2n) is 5.31. The van der Waals surface area contributed by atoms with E-state index >= 15 is 0 Å². The molecule has 5 nitrogen and oxygen atoms in total. The molecule has 8 heteroatoms. The van der Waals surface area contributed by atoms with Crippen LogP contribution in [0.3, 0.4) is 0 Å². The van der Waals surface area contributed by atoms with Gasteiger partial charge in [-0.25, -0.2) is 8.42 Å². The minimum Gasteiger partial charge on any atom is -0.299 e. The number of hydrogen-bond acceptors (Lipinski definition) is 4. The first-order valence-electron chi connectivity index (χ1n) is 7.24. The van der Waals surface area contributed by atoms with Crippen LogP contribution in [0, 0.1) is 6.92 Å². The number of aryl methyl sites for hydroxylation is 2. The molecule has 0 aliphatic heterocycles. The maximum atomic E-state index is 12.6. The summed E-state index contributed by atoms with van der Waals surface area (Å²) in [5, 5.41) is 0.490. The number of thiazole rings is 1. The van der Waals surface area contributed by atoms with Crippen molar-refractivity contribution < 1.29 is 8.42 Å². The molecule has 0 saturated carbocycles. The summed E-state index contributed by atoms with van der Waals surface area (Å²) >= 11 is 7.07. The molecule has 1 N–H and O–H groups in total.